The standard InChI is InChI=1S/C10H13FN4O2/c11-7-5-8(15-1-3-16-4-2-15)9(14-6-7)10(12)17-13/h5-6,12H,1-4,13H2. The van der Waals surface area contributed by atoms with Crippen molar-refractivity contribution in [2.75, 3.05) is 31.2 Å². The number of ether oxygens (including phenoxy) is 1. The first kappa shape index (κ1) is 11.7. The second-order valence-electron chi connectivity index (χ2n) is 3.57. The molecule has 0 atom stereocenters. The molecule has 0 spiro atoms. The first-order chi connectivity index (χ1) is 8.22. The van der Waals surface area contributed by atoms with Gasteiger partial charge < -0.3 is 14.5 Å². The van der Waals surface area contributed by atoms with Gasteiger partial charge in [-0.2, -0.15) is 5.90 Å². The predicted octanol–water partition coefficient (Wildman–Crippen LogP) is 0.273. The fraction of sp³-hybridized carbons (Fsp3) is 0.400. The molecule has 0 aliphatic carbocycles. The molecule has 1 aliphatic rings. The molecule has 0 bridgehead atoms. The van der Waals surface area contributed by atoms with E-state index in [1.54, 1.807) is 0 Å². The molecule has 7 heteroatoms. The van der Waals surface area contributed by atoms with E-state index in [0.717, 1.165) is 6.20 Å². The molecule has 0 unspecified atom stereocenters. The van der Waals surface area contributed by atoms with E-state index in [2.05, 4.69) is 9.82 Å². The highest BCUT2D eigenvalue weighted by Gasteiger charge is 2.19. The molecule has 0 amide bonds. The molecule has 0 saturated carbocycles. The van der Waals surface area contributed by atoms with E-state index in [1.807, 2.05) is 4.90 Å². The Morgan fingerprint density at radius 1 is 1.53 bits per heavy atom. The number of rotatable bonds is 2. The summed E-state index contributed by atoms with van der Waals surface area (Å²) in [6.45, 7) is 2.37. The van der Waals surface area contributed by atoms with Crippen LogP contribution in [0.3, 0.4) is 0 Å². The highest BCUT2D eigenvalue weighted by molar-refractivity contribution is 5.95. The SMILES string of the molecule is N=C(ON)c1ncc(F)cc1N1CCOCC1. The summed E-state index contributed by atoms with van der Waals surface area (Å²) in [4.78, 5) is 10.1. The number of nitrogens with two attached hydrogens (primary N) is 1. The van der Waals surface area contributed by atoms with Crippen molar-refractivity contribution in [1.29, 1.82) is 5.41 Å². The van der Waals surface area contributed by atoms with Gasteiger partial charge in [0.15, 0.2) is 5.69 Å². The van der Waals surface area contributed by atoms with Crippen LogP contribution in [-0.2, 0) is 9.57 Å². The van der Waals surface area contributed by atoms with Crippen LogP contribution in [0.2, 0.25) is 0 Å². The van der Waals surface area contributed by atoms with Gasteiger partial charge in [-0.05, 0) is 0 Å². The lowest BCUT2D eigenvalue weighted by Crippen LogP contribution is -2.37. The van der Waals surface area contributed by atoms with Gasteiger partial charge in [-0.3, -0.25) is 5.41 Å². The molecule has 92 valence electrons. The molecular weight excluding hydrogens is 227 g/mol. The van der Waals surface area contributed by atoms with Gasteiger partial charge in [-0.1, -0.05) is 0 Å². The minimum Gasteiger partial charge on any atom is -0.389 e. The second-order valence-corrected chi connectivity index (χ2v) is 3.57. The Balaban J connectivity index is 2.35. The lowest BCUT2D eigenvalue weighted by atomic mass is 10.2. The molecule has 1 aliphatic heterocycles. The summed E-state index contributed by atoms with van der Waals surface area (Å²) in [6, 6.07) is 1.32. The van der Waals surface area contributed by atoms with E-state index < -0.39 is 5.82 Å². The Morgan fingerprint density at radius 3 is 2.88 bits per heavy atom. The smallest absolute Gasteiger partial charge is 0.258 e. The van der Waals surface area contributed by atoms with Gasteiger partial charge in [0, 0.05) is 19.2 Å². The predicted molar refractivity (Wildman–Crippen MR) is 59.3 cm³/mol. The quantitative estimate of drug-likeness (QED) is 0.440. The summed E-state index contributed by atoms with van der Waals surface area (Å²) in [5, 5.41) is 7.52. The molecule has 1 fully saturated rings. The van der Waals surface area contributed by atoms with Crippen molar-refractivity contribution in [3.63, 3.8) is 0 Å². The van der Waals surface area contributed by atoms with E-state index >= 15 is 0 Å². The number of hydrogen-bond donors (Lipinski definition) is 2. The molecule has 0 aromatic carbocycles. The van der Waals surface area contributed by atoms with E-state index in [4.69, 9.17) is 16.0 Å². The van der Waals surface area contributed by atoms with Gasteiger partial charge in [-0.25, -0.2) is 9.37 Å². The van der Waals surface area contributed by atoms with Crippen LogP contribution in [0.4, 0.5) is 10.1 Å². The molecule has 3 N–H and O–H groups in total. The first-order valence-corrected chi connectivity index (χ1v) is 5.16. The highest BCUT2D eigenvalue weighted by Crippen LogP contribution is 2.21. The third-order valence-corrected chi connectivity index (χ3v) is 2.52. The van der Waals surface area contributed by atoms with Crippen LogP contribution in [0.25, 0.3) is 0 Å². The lowest BCUT2D eigenvalue weighted by Gasteiger charge is -2.29. The molecule has 0 radical (unpaired) electrons. The van der Waals surface area contributed by atoms with Crippen LogP contribution < -0.4 is 10.8 Å². The third-order valence-electron chi connectivity index (χ3n) is 2.52. The van der Waals surface area contributed by atoms with E-state index in [-0.39, 0.29) is 11.6 Å². The van der Waals surface area contributed by atoms with Crippen molar-refractivity contribution in [2.24, 2.45) is 5.90 Å². The molecule has 2 rings (SSSR count). The fourth-order valence-electron chi connectivity index (χ4n) is 1.70. The lowest BCUT2D eigenvalue weighted by molar-refractivity contribution is 0.122. The maximum atomic E-state index is 13.2. The molecule has 2 heterocycles. The molecule has 1 aromatic heterocycles. The van der Waals surface area contributed by atoms with Crippen LogP contribution in [0.1, 0.15) is 5.69 Å². The number of nitrogens with zero attached hydrogens (tertiary/aromatic N) is 2. The van der Waals surface area contributed by atoms with Crippen molar-refractivity contribution >= 4 is 11.6 Å². The maximum absolute atomic E-state index is 13.2. The fourth-order valence-corrected chi connectivity index (χ4v) is 1.70. The maximum Gasteiger partial charge on any atom is 0.258 e. The zero-order valence-corrected chi connectivity index (χ0v) is 9.15. The Labute approximate surface area is 97.6 Å². The molecule has 1 saturated heterocycles. The number of halogens is 1. The summed E-state index contributed by atoms with van der Waals surface area (Å²) >= 11 is 0. The summed E-state index contributed by atoms with van der Waals surface area (Å²) in [7, 11) is 0. The molecule has 1 aromatic rings. The van der Waals surface area contributed by atoms with Gasteiger partial charge in [0.2, 0.25) is 0 Å². The van der Waals surface area contributed by atoms with Crippen molar-refractivity contribution in [3.8, 4) is 0 Å². The zero-order valence-electron chi connectivity index (χ0n) is 9.15. The summed E-state index contributed by atoms with van der Waals surface area (Å²) in [5.41, 5.74) is 0.736. The highest BCUT2D eigenvalue weighted by atomic mass is 19.1. The van der Waals surface area contributed by atoms with Gasteiger partial charge in [0.25, 0.3) is 5.90 Å². The number of hydrogen-bond acceptors (Lipinski definition) is 6. The van der Waals surface area contributed by atoms with Gasteiger partial charge in [0.05, 0.1) is 25.1 Å². The summed E-state index contributed by atoms with van der Waals surface area (Å²) < 4.78 is 18.4. The van der Waals surface area contributed by atoms with E-state index in [1.165, 1.54) is 6.07 Å². The van der Waals surface area contributed by atoms with Gasteiger partial charge >= 0.3 is 0 Å². The number of morpholine rings is 1. The van der Waals surface area contributed by atoms with Gasteiger partial charge in [0.1, 0.15) is 5.82 Å². The zero-order chi connectivity index (χ0) is 12.3. The van der Waals surface area contributed by atoms with Crippen molar-refractivity contribution < 1.29 is 14.0 Å². The normalized spacial score (nSPS) is 15.8. The van der Waals surface area contributed by atoms with E-state index in [0.29, 0.717) is 32.0 Å². The summed E-state index contributed by atoms with van der Waals surface area (Å²) in [5.74, 6) is 4.20. The first-order valence-electron chi connectivity index (χ1n) is 5.16. The van der Waals surface area contributed by atoms with Crippen LogP contribution in [0.5, 0.6) is 0 Å². The van der Waals surface area contributed by atoms with E-state index in [9.17, 15) is 4.39 Å². The summed E-state index contributed by atoms with van der Waals surface area (Å²) in [6.07, 6.45) is 1.03. The van der Waals surface area contributed by atoms with Gasteiger partial charge in [-0.15, -0.1) is 0 Å². The Bertz CT molecular complexity index is 421. The van der Waals surface area contributed by atoms with Crippen LogP contribution in [0.15, 0.2) is 12.3 Å². The number of aromatic nitrogens is 1. The average Bonchev–Trinajstić information content (AvgIpc) is 2.39. The Morgan fingerprint density at radius 2 is 2.24 bits per heavy atom. The second kappa shape index (κ2) is 5.07. The van der Waals surface area contributed by atoms with Crippen LogP contribution in [-0.4, -0.2) is 37.2 Å². The molecular formula is C10H13FN4O2. The van der Waals surface area contributed by atoms with Crippen molar-refractivity contribution in [3.05, 3.63) is 23.8 Å². The monoisotopic (exact) mass is 240 g/mol. The molecule has 17 heavy (non-hydrogen) atoms. The number of nitrogens with one attached hydrogen (secondary N) is 1. The van der Waals surface area contributed by atoms with Crippen LogP contribution >= 0.6 is 0 Å². The Hall–Kier alpha value is -1.73. The Kier molecular flexibility index (Phi) is 3.50. The largest absolute Gasteiger partial charge is 0.389 e. The minimum atomic E-state index is -0.458. The van der Waals surface area contributed by atoms with Crippen LogP contribution in [0, 0.1) is 11.2 Å². The number of pyridine rings is 1. The minimum absolute atomic E-state index is 0.232. The molecule has 6 nitrogen and oxygen atoms in total. The third kappa shape index (κ3) is 2.51. The number of anilines is 1. The topological polar surface area (TPSA) is 84.5 Å². The van der Waals surface area contributed by atoms with Crippen molar-refractivity contribution in [1.82, 2.24) is 4.98 Å². The van der Waals surface area contributed by atoms with Crippen molar-refractivity contribution in [2.45, 2.75) is 0 Å². The average molecular weight is 240 g/mol.